The van der Waals surface area contributed by atoms with Crippen LogP contribution in [0.1, 0.15) is 28.4 Å². The van der Waals surface area contributed by atoms with Gasteiger partial charge in [0.1, 0.15) is 24.1 Å². The van der Waals surface area contributed by atoms with Crippen LogP contribution in [0.4, 0.5) is 10.1 Å². The smallest absolute Gasteiger partial charge is 0.335 e. The van der Waals surface area contributed by atoms with Crippen molar-refractivity contribution < 1.29 is 28.6 Å². The number of carboxylic acids is 1. The third-order valence-electron chi connectivity index (χ3n) is 4.71. The van der Waals surface area contributed by atoms with Crippen LogP contribution in [0.5, 0.6) is 11.5 Å². The maximum Gasteiger partial charge on any atom is 0.335 e. The zero-order valence-electron chi connectivity index (χ0n) is 18.5. The Morgan fingerprint density at radius 3 is 2.49 bits per heavy atom. The minimum absolute atomic E-state index is 0.0324. The number of halogens is 2. The molecule has 1 amide bonds. The number of hydrogen-bond acceptors (Lipinski definition) is 5. The van der Waals surface area contributed by atoms with Crippen molar-refractivity contribution in [3.8, 4) is 17.6 Å². The first-order valence-corrected chi connectivity index (χ1v) is 11.2. The van der Waals surface area contributed by atoms with Gasteiger partial charge >= 0.3 is 5.97 Å². The van der Waals surface area contributed by atoms with E-state index < -0.39 is 17.7 Å². The van der Waals surface area contributed by atoms with Gasteiger partial charge in [0, 0.05) is 0 Å². The van der Waals surface area contributed by atoms with Crippen LogP contribution < -0.4 is 14.8 Å². The van der Waals surface area contributed by atoms with Gasteiger partial charge in [-0.05, 0) is 76.5 Å². The Bertz CT molecular complexity index is 1320. The minimum atomic E-state index is -1.01. The number of nitriles is 1. The number of aromatic carboxylic acids is 1. The first-order chi connectivity index (χ1) is 16.8. The van der Waals surface area contributed by atoms with Gasteiger partial charge in [-0.2, -0.15) is 5.26 Å². The maximum atomic E-state index is 13.8. The molecule has 0 aliphatic heterocycles. The lowest BCUT2D eigenvalue weighted by molar-refractivity contribution is -0.112. The average Bonchev–Trinajstić information content (AvgIpc) is 2.83. The molecule has 0 aliphatic rings. The Labute approximate surface area is 209 Å². The number of carboxylic acid groups (broad SMARTS) is 1. The summed E-state index contributed by atoms with van der Waals surface area (Å²) >= 11 is 3.44. The molecule has 0 unspecified atom stereocenters. The Balaban J connectivity index is 1.83. The molecule has 7 nitrogen and oxygen atoms in total. The van der Waals surface area contributed by atoms with E-state index in [9.17, 15) is 19.2 Å². The van der Waals surface area contributed by atoms with Crippen LogP contribution >= 0.6 is 15.9 Å². The predicted octanol–water partition coefficient (Wildman–Crippen LogP) is 5.81. The van der Waals surface area contributed by atoms with Crippen molar-refractivity contribution in [2.75, 3.05) is 11.9 Å². The average molecular weight is 539 g/mol. The van der Waals surface area contributed by atoms with Crippen molar-refractivity contribution >= 4 is 39.6 Å². The molecular formula is C26H20BrFN2O5. The van der Waals surface area contributed by atoms with Gasteiger partial charge in [-0.25, -0.2) is 9.18 Å². The van der Waals surface area contributed by atoms with E-state index in [1.54, 1.807) is 37.3 Å². The molecule has 0 aliphatic carbocycles. The monoisotopic (exact) mass is 538 g/mol. The summed E-state index contributed by atoms with van der Waals surface area (Å²) in [6, 6.07) is 17.1. The predicted molar refractivity (Wildman–Crippen MR) is 132 cm³/mol. The number of para-hydroxylation sites is 1. The van der Waals surface area contributed by atoms with Crippen molar-refractivity contribution in [1.29, 1.82) is 5.26 Å². The highest BCUT2D eigenvalue weighted by Crippen LogP contribution is 2.38. The highest BCUT2D eigenvalue weighted by Gasteiger charge is 2.16. The molecule has 0 saturated carbocycles. The largest absolute Gasteiger partial charge is 0.490 e. The number of anilines is 1. The molecule has 0 heterocycles. The van der Waals surface area contributed by atoms with Gasteiger partial charge in [-0.3, -0.25) is 4.79 Å². The molecule has 2 N–H and O–H groups in total. The SMILES string of the molecule is CCOc1cc(/C=C(/C#N)C(=O)Nc2ccccc2F)cc(Br)c1OCc1ccc(C(=O)O)cc1. The first-order valence-electron chi connectivity index (χ1n) is 10.4. The summed E-state index contributed by atoms with van der Waals surface area (Å²) in [5.41, 5.74) is 1.15. The fourth-order valence-electron chi connectivity index (χ4n) is 3.04. The number of carbonyl (C=O) groups is 2. The molecule has 0 bridgehead atoms. The van der Waals surface area contributed by atoms with Crippen LogP contribution in [-0.4, -0.2) is 23.6 Å². The molecular weight excluding hydrogens is 519 g/mol. The van der Waals surface area contributed by atoms with E-state index in [4.69, 9.17) is 14.6 Å². The van der Waals surface area contributed by atoms with E-state index in [1.807, 2.05) is 6.07 Å². The second kappa shape index (κ2) is 11.8. The van der Waals surface area contributed by atoms with Gasteiger partial charge in [0.15, 0.2) is 11.5 Å². The highest BCUT2D eigenvalue weighted by atomic mass is 79.9. The van der Waals surface area contributed by atoms with Crippen molar-refractivity contribution in [2.24, 2.45) is 0 Å². The van der Waals surface area contributed by atoms with E-state index in [0.29, 0.717) is 28.1 Å². The van der Waals surface area contributed by atoms with E-state index in [2.05, 4.69) is 21.2 Å². The standard InChI is InChI=1S/C26H20BrFN2O5/c1-2-34-23-13-17(11-19(14-29)25(31)30-22-6-4-3-5-21(22)28)12-20(27)24(23)35-15-16-7-9-18(10-8-16)26(32)33/h3-13H,2,15H2,1H3,(H,30,31)(H,32,33)/b19-11-. The molecule has 178 valence electrons. The number of benzene rings is 3. The Kier molecular flexibility index (Phi) is 8.59. The fraction of sp³-hybridized carbons (Fsp3) is 0.115. The van der Waals surface area contributed by atoms with Gasteiger partial charge in [0.2, 0.25) is 0 Å². The summed E-state index contributed by atoms with van der Waals surface area (Å²) in [6.07, 6.45) is 1.36. The summed E-state index contributed by atoms with van der Waals surface area (Å²) in [5.74, 6) is -1.60. The lowest BCUT2D eigenvalue weighted by Crippen LogP contribution is -2.14. The third-order valence-corrected chi connectivity index (χ3v) is 5.30. The summed E-state index contributed by atoms with van der Waals surface area (Å²) in [5, 5.41) is 20.9. The Hall–Kier alpha value is -4.16. The normalized spacial score (nSPS) is 10.9. The first kappa shape index (κ1) is 25.5. The number of hydrogen-bond donors (Lipinski definition) is 2. The van der Waals surface area contributed by atoms with Gasteiger partial charge in [-0.15, -0.1) is 0 Å². The molecule has 3 aromatic carbocycles. The number of nitrogens with one attached hydrogen (secondary N) is 1. The molecule has 0 aromatic heterocycles. The highest BCUT2D eigenvalue weighted by molar-refractivity contribution is 9.10. The van der Waals surface area contributed by atoms with Gasteiger partial charge in [0.05, 0.1) is 22.3 Å². The fourth-order valence-corrected chi connectivity index (χ4v) is 3.62. The van der Waals surface area contributed by atoms with Crippen LogP contribution in [0.15, 0.2) is 70.7 Å². The molecule has 0 spiro atoms. The van der Waals surface area contributed by atoms with Crippen molar-refractivity contribution in [2.45, 2.75) is 13.5 Å². The van der Waals surface area contributed by atoms with Crippen molar-refractivity contribution in [1.82, 2.24) is 0 Å². The number of rotatable bonds is 9. The number of amides is 1. The summed E-state index contributed by atoms with van der Waals surface area (Å²) in [7, 11) is 0. The zero-order chi connectivity index (χ0) is 25.4. The van der Waals surface area contributed by atoms with Gasteiger partial charge in [0.25, 0.3) is 5.91 Å². The quantitative estimate of drug-likeness (QED) is 0.263. The second-order valence-corrected chi connectivity index (χ2v) is 8.01. The number of nitrogens with zero attached hydrogens (tertiary/aromatic N) is 1. The zero-order valence-corrected chi connectivity index (χ0v) is 20.1. The Morgan fingerprint density at radius 2 is 1.86 bits per heavy atom. The molecule has 9 heteroatoms. The van der Waals surface area contributed by atoms with E-state index >= 15 is 0 Å². The molecule has 0 saturated heterocycles. The topological polar surface area (TPSA) is 109 Å². The molecule has 3 rings (SSSR count). The van der Waals surface area contributed by atoms with Crippen molar-refractivity contribution in [3.63, 3.8) is 0 Å². The Morgan fingerprint density at radius 1 is 1.14 bits per heavy atom. The van der Waals surface area contributed by atoms with E-state index in [0.717, 1.165) is 5.56 Å². The van der Waals surface area contributed by atoms with Crippen LogP contribution in [0.2, 0.25) is 0 Å². The van der Waals surface area contributed by atoms with Gasteiger partial charge in [-0.1, -0.05) is 24.3 Å². The van der Waals surface area contributed by atoms with Gasteiger partial charge < -0.3 is 19.9 Å². The van der Waals surface area contributed by atoms with Crippen LogP contribution in [-0.2, 0) is 11.4 Å². The van der Waals surface area contributed by atoms with Crippen LogP contribution in [0.25, 0.3) is 6.08 Å². The summed E-state index contributed by atoms with van der Waals surface area (Å²) in [4.78, 5) is 23.5. The van der Waals surface area contributed by atoms with Crippen LogP contribution in [0.3, 0.4) is 0 Å². The van der Waals surface area contributed by atoms with E-state index in [-0.39, 0.29) is 23.4 Å². The third kappa shape index (κ3) is 6.68. The molecule has 35 heavy (non-hydrogen) atoms. The summed E-state index contributed by atoms with van der Waals surface area (Å²) < 4.78 is 26.0. The molecule has 0 radical (unpaired) electrons. The van der Waals surface area contributed by atoms with Crippen molar-refractivity contribution in [3.05, 3.63) is 93.2 Å². The van der Waals surface area contributed by atoms with E-state index in [1.165, 1.54) is 36.4 Å². The molecule has 3 aromatic rings. The summed E-state index contributed by atoms with van der Waals surface area (Å²) in [6.45, 7) is 2.29. The second-order valence-electron chi connectivity index (χ2n) is 7.16. The molecule has 0 atom stereocenters. The number of carbonyl (C=O) groups excluding carboxylic acids is 1. The maximum absolute atomic E-state index is 13.8. The minimum Gasteiger partial charge on any atom is -0.490 e. The van der Waals surface area contributed by atoms with Crippen LogP contribution in [0, 0.1) is 17.1 Å². The lowest BCUT2D eigenvalue weighted by atomic mass is 10.1. The molecule has 0 fully saturated rings. The number of ether oxygens (including phenoxy) is 2. The lowest BCUT2D eigenvalue weighted by Gasteiger charge is -2.15.